The van der Waals surface area contributed by atoms with Gasteiger partial charge in [-0.15, -0.1) is 0 Å². The Hall–Kier alpha value is -1.11. The van der Waals surface area contributed by atoms with Gasteiger partial charge < -0.3 is 10.8 Å². The first-order chi connectivity index (χ1) is 9.72. The number of nitrogen functional groups attached to an aromatic ring is 1. The van der Waals surface area contributed by atoms with Crippen molar-refractivity contribution >= 4 is 15.7 Å². The standard InChI is InChI=1S/C15H24N2O3S/c1-11-4-3-7-15(18,9-11)10-17-21(19,20)13-6-5-12(2)14(16)8-13/h5-6,8,11,17-18H,3-4,7,9-10,16H2,1-2H3. The zero-order valence-electron chi connectivity index (χ0n) is 12.6. The zero-order chi connectivity index (χ0) is 15.7. The fourth-order valence-electron chi connectivity index (χ4n) is 2.89. The predicted octanol–water partition coefficient (Wildman–Crippen LogP) is 1.80. The Morgan fingerprint density at radius 3 is 2.81 bits per heavy atom. The van der Waals surface area contributed by atoms with Crippen molar-refractivity contribution in [3.05, 3.63) is 23.8 Å². The maximum Gasteiger partial charge on any atom is 0.240 e. The first-order valence-electron chi connectivity index (χ1n) is 7.30. The number of aliphatic hydroxyl groups is 1. The monoisotopic (exact) mass is 312 g/mol. The number of benzene rings is 1. The number of nitrogens with one attached hydrogen (secondary N) is 1. The lowest BCUT2D eigenvalue weighted by molar-refractivity contribution is -0.00751. The zero-order valence-corrected chi connectivity index (χ0v) is 13.4. The summed E-state index contributed by atoms with van der Waals surface area (Å²) in [6, 6.07) is 4.66. The summed E-state index contributed by atoms with van der Waals surface area (Å²) in [7, 11) is -3.64. The van der Waals surface area contributed by atoms with Gasteiger partial charge >= 0.3 is 0 Å². The summed E-state index contributed by atoms with van der Waals surface area (Å²) in [4.78, 5) is 0.137. The molecule has 1 fully saturated rings. The Labute approximate surface area is 126 Å². The molecular formula is C15H24N2O3S. The van der Waals surface area contributed by atoms with Crippen molar-refractivity contribution in [3.8, 4) is 0 Å². The molecule has 0 spiro atoms. The van der Waals surface area contributed by atoms with E-state index >= 15 is 0 Å². The van der Waals surface area contributed by atoms with Crippen molar-refractivity contribution in [3.63, 3.8) is 0 Å². The van der Waals surface area contributed by atoms with E-state index in [0.29, 0.717) is 24.4 Å². The van der Waals surface area contributed by atoms with Gasteiger partial charge in [-0.2, -0.15) is 0 Å². The maximum atomic E-state index is 12.3. The van der Waals surface area contributed by atoms with Crippen molar-refractivity contribution in [1.82, 2.24) is 4.72 Å². The molecule has 4 N–H and O–H groups in total. The summed E-state index contributed by atoms with van der Waals surface area (Å²) >= 11 is 0. The van der Waals surface area contributed by atoms with E-state index in [0.717, 1.165) is 18.4 Å². The van der Waals surface area contributed by atoms with Crippen LogP contribution in [0, 0.1) is 12.8 Å². The molecule has 1 aliphatic rings. The number of nitrogens with two attached hydrogens (primary N) is 1. The number of hydrogen-bond acceptors (Lipinski definition) is 4. The lowest BCUT2D eigenvalue weighted by Gasteiger charge is -2.35. The van der Waals surface area contributed by atoms with Crippen LogP contribution in [0.5, 0.6) is 0 Å². The van der Waals surface area contributed by atoms with Crippen molar-refractivity contribution < 1.29 is 13.5 Å². The van der Waals surface area contributed by atoms with Gasteiger partial charge in [0, 0.05) is 12.2 Å². The minimum absolute atomic E-state index is 0.0491. The minimum Gasteiger partial charge on any atom is -0.398 e. The molecular weight excluding hydrogens is 288 g/mol. The van der Waals surface area contributed by atoms with E-state index in [1.807, 2.05) is 6.92 Å². The average Bonchev–Trinajstić information content (AvgIpc) is 2.40. The van der Waals surface area contributed by atoms with Gasteiger partial charge in [0.25, 0.3) is 0 Å². The van der Waals surface area contributed by atoms with Crippen LogP contribution < -0.4 is 10.5 Å². The number of aryl methyl sites for hydroxylation is 1. The lowest BCUT2D eigenvalue weighted by atomic mass is 9.79. The molecule has 0 saturated heterocycles. The third kappa shape index (κ3) is 3.96. The molecule has 1 aliphatic carbocycles. The van der Waals surface area contributed by atoms with Crippen LogP contribution in [-0.4, -0.2) is 25.7 Å². The molecule has 21 heavy (non-hydrogen) atoms. The van der Waals surface area contributed by atoms with Gasteiger partial charge in [-0.05, 0) is 43.4 Å². The predicted molar refractivity (Wildman–Crippen MR) is 83.4 cm³/mol. The van der Waals surface area contributed by atoms with Crippen LogP contribution in [0.25, 0.3) is 0 Å². The van der Waals surface area contributed by atoms with E-state index in [-0.39, 0.29) is 11.4 Å². The second-order valence-corrected chi connectivity index (χ2v) is 8.04. The highest BCUT2D eigenvalue weighted by molar-refractivity contribution is 7.89. The fraction of sp³-hybridized carbons (Fsp3) is 0.600. The summed E-state index contributed by atoms with van der Waals surface area (Å²) in [6.45, 7) is 3.96. The van der Waals surface area contributed by atoms with Crippen LogP contribution in [0.1, 0.15) is 38.2 Å². The molecule has 5 nitrogen and oxygen atoms in total. The summed E-state index contributed by atoms with van der Waals surface area (Å²) in [5.41, 5.74) is 6.10. The molecule has 2 unspecified atom stereocenters. The van der Waals surface area contributed by atoms with Gasteiger partial charge in [0.2, 0.25) is 10.0 Å². The van der Waals surface area contributed by atoms with Crippen LogP contribution in [0.3, 0.4) is 0 Å². The van der Waals surface area contributed by atoms with E-state index in [1.54, 1.807) is 6.07 Å². The van der Waals surface area contributed by atoms with E-state index in [2.05, 4.69) is 11.6 Å². The Bertz CT molecular complexity index is 615. The molecule has 0 heterocycles. The van der Waals surface area contributed by atoms with Crippen LogP contribution >= 0.6 is 0 Å². The quantitative estimate of drug-likeness (QED) is 0.739. The van der Waals surface area contributed by atoms with Crippen LogP contribution in [0.15, 0.2) is 23.1 Å². The molecule has 6 heteroatoms. The molecule has 0 bridgehead atoms. The first-order valence-corrected chi connectivity index (χ1v) is 8.78. The summed E-state index contributed by atoms with van der Waals surface area (Å²) < 4.78 is 27.1. The Balaban J connectivity index is 2.09. The van der Waals surface area contributed by atoms with Crippen LogP contribution in [0.4, 0.5) is 5.69 Å². The largest absolute Gasteiger partial charge is 0.398 e. The molecule has 118 valence electrons. The van der Waals surface area contributed by atoms with Crippen molar-refractivity contribution in [2.24, 2.45) is 5.92 Å². The van der Waals surface area contributed by atoms with Crippen LogP contribution in [0.2, 0.25) is 0 Å². The molecule has 0 aliphatic heterocycles. The highest BCUT2D eigenvalue weighted by Crippen LogP contribution is 2.32. The van der Waals surface area contributed by atoms with Crippen LogP contribution in [-0.2, 0) is 10.0 Å². The SMILES string of the molecule is Cc1ccc(S(=O)(=O)NCC2(O)CCCC(C)C2)cc1N. The number of rotatable bonds is 4. The lowest BCUT2D eigenvalue weighted by Crippen LogP contribution is -2.45. The number of anilines is 1. The Kier molecular flexibility index (Phi) is 4.60. The van der Waals surface area contributed by atoms with Gasteiger partial charge in [0.1, 0.15) is 0 Å². The molecule has 0 aromatic heterocycles. The number of hydrogen-bond donors (Lipinski definition) is 3. The molecule has 2 atom stereocenters. The highest BCUT2D eigenvalue weighted by atomic mass is 32.2. The van der Waals surface area contributed by atoms with E-state index < -0.39 is 15.6 Å². The summed E-state index contributed by atoms with van der Waals surface area (Å²) in [6.07, 6.45) is 3.28. The van der Waals surface area contributed by atoms with Gasteiger partial charge in [-0.25, -0.2) is 13.1 Å². The maximum absolute atomic E-state index is 12.3. The summed E-state index contributed by atoms with van der Waals surface area (Å²) in [5.74, 6) is 0.420. The minimum atomic E-state index is -3.64. The highest BCUT2D eigenvalue weighted by Gasteiger charge is 2.33. The van der Waals surface area contributed by atoms with Crippen molar-refractivity contribution in [2.75, 3.05) is 12.3 Å². The molecule has 0 radical (unpaired) electrons. The molecule has 1 aromatic rings. The Morgan fingerprint density at radius 2 is 2.19 bits per heavy atom. The van der Waals surface area contributed by atoms with E-state index in [9.17, 15) is 13.5 Å². The van der Waals surface area contributed by atoms with Crippen molar-refractivity contribution in [1.29, 1.82) is 0 Å². The smallest absolute Gasteiger partial charge is 0.240 e. The third-order valence-electron chi connectivity index (χ3n) is 4.22. The Morgan fingerprint density at radius 1 is 1.48 bits per heavy atom. The fourth-order valence-corrected chi connectivity index (χ4v) is 4.05. The molecule has 2 rings (SSSR count). The van der Waals surface area contributed by atoms with E-state index in [4.69, 9.17) is 5.73 Å². The van der Waals surface area contributed by atoms with Gasteiger partial charge in [0.05, 0.1) is 10.5 Å². The number of sulfonamides is 1. The molecule has 1 saturated carbocycles. The first kappa shape index (κ1) is 16.3. The topological polar surface area (TPSA) is 92.4 Å². The molecule has 1 aromatic carbocycles. The third-order valence-corrected chi connectivity index (χ3v) is 5.62. The van der Waals surface area contributed by atoms with Gasteiger partial charge in [0.15, 0.2) is 0 Å². The second-order valence-electron chi connectivity index (χ2n) is 6.27. The average molecular weight is 312 g/mol. The van der Waals surface area contributed by atoms with Gasteiger partial charge in [-0.3, -0.25) is 0 Å². The van der Waals surface area contributed by atoms with E-state index in [1.165, 1.54) is 12.1 Å². The molecule has 0 amide bonds. The summed E-state index contributed by atoms with van der Waals surface area (Å²) in [5, 5.41) is 10.5. The normalized spacial score (nSPS) is 26.7. The van der Waals surface area contributed by atoms with Crippen molar-refractivity contribution in [2.45, 2.75) is 50.0 Å². The van der Waals surface area contributed by atoms with Gasteiger partial charge in [-0.1, -0.05) is 25.8 Å². The second kappa shape index (κ2) is 5.94.